The van der Waals surface area contributed by atoms with Gasteiger partial charge >= 0.3 is 0 Å². The molecule has 1 heterocycles. The van der Waals surface area contributed by atoms with Gasteiger partial charge in [0.1, 0.15) is 0 Å². The van der Waals surface area contributed by atoms with E-state index in [1.807, 2.05) is 0 Å². The summed E-state index contributed by atoms with van der Waals surface area (Å²) < 4.78 is 0. The first-order valence-corrected chi connectivity index (χ1v) is 6.10. The van der Waals surface area contributed by atoms with Gasteiger partial charge in [-0.1, -0.05) is 18.2 Å². The molecule has 2 rings (SSSR count). The summed E-state index contributed by atoms with van der Waals surface area (Å²) in [6.07, 6.45) is 4.75. The Morgan fingerprint density at radius 2 is 2.24 bits per heavy atom. The van der Waals surface area contributed by atoms with Crippen molar-refractivity contribution in [1.82, 2.24) is 10.4 Å². The van der Waals surface area contributed by atoms with Crippen molar-refractivity contribution in [2.75, 3.05) is 0 Å². The Hall–Kier alpha value is -3.09. The van der Waals surface area contributed by atoms with Gasteiger partial charge in [0.25, 0.3) is 5.69 Å². The fraction of sp³-hybridized carbons (Fsp3) is 0.0714. The Labute approximate surface area is 120 Å². The molecular weight excluding hydrogens is 272 g/mol. The number of rotatable bonds is 5. The van der Waals surface area contributed by atoms with E-state index in [1.165, 1.54) is 18.3 Å². The quantitative estimate of drug-likeness (QED) is 0.513. The maximum atomic E-state index is 11.6. The maximum absolute atomic E-state index is 11.6. The Morgan fingerprint density at radius 1 is 1.38 bits per heavy atom. The number of pyridine rings is 1. The van der Waals surface area contributed by atoms with Crippen molar-refractivity contribution in [3.8, 4) is 0 Å². The summed E-state index contributed by atoms with van der Waals surface area (Å²) in [5.41, 5.74) is 3.65. The summed E-state index contributed by atoms with van der Waals surface area (Å²) >= 11 is 0. The van der Waals surface area contributed by atoms with E-state index >= 15 is 0 Å². The number of nitrogens with one attached hydrogen (secondary N) is 1. The number of carbonyl (C=O) groups is 1. The second-order valence-electron chi connectivity index (χ2n) is 4.18. The van der Waals surface area contributed by atoms with Gasteiger partial charge in [0.05, 0.1) is 17.6 Å². The molecule has 1 amide bonds. The molecule has 0 unspecified atom stereocenters. The van der Waals surface area contributed by atoms with E-state index in [9.17, 15) is 14.9 Å². The molecule has 1 aromatic carbocycles. The minimum absolute atomic E-state index is 0.0272. The van der Waals surface area contributed by atoms with Crippen molar-refractivity contribution in [1.29, 1.82) is 0 Å². The second kappa shape index (κ2) is 6.90. The molecule has 1 aromatic heterocycles. The van der Waals surface area contributed by atoms with E-state index < -0.39 is 4.92 Å². The summed E-state index contributed by atoms with van der Waals surface area (Å²) in [6.45, 7) is 0. The minimum atomic E-state index is -0.488. The van der Waals surface area contributed by atoms with Gasteiger partial charge in [-0.15, -0.1) is 0 Å². The molecular formula is C14H12N4O3. The topological polar surface area (TPSA) is 97.5 Å². The number of carbonyl (C=O) groups excluding carboxylic acids is 1. The Bertz CT molecular complexity index is 671. The highest BCUT2D eigenvalue weighted by molar-refractivity contribution is 5.83. The van der Waals surface area contributed by atoms with E-state index in [4.69, 9.17) is 0 Å². The SMILES string of the molecule is O=C(Cc1cccnc1)N/N=C\c1cccc([N+](=O)[O-])c1. The van der Waals surface area contributed by atoms with Crippen LogP contribution in [0.5, 0.6) is 0 Å². The molecule has 0 saturated heterocycles. The molecule has 0 fully saturated rings. The predicted molar refractivity (Wildman–Crippen MR) is 76.8 cm³/mol. The van der Waals surface area contributed by atoms with Crippen LogP contribution >= 0.6 is 0 Å². The van der Waals surface area contributed by atoms with Gasteiger partial charge < -0.3 is 0 Å². The smallest absolute Gasteiger partial charge is 0.270 e. The summed E-state index contributed by atoms with van der Waals surface area (Å²) in [5.74, 6) is -0.287. The molecule has 106 valence electrons. The average molecular weight is 284 g/mol. The van der Waals surface area contributed by atoms with Gasteiger partial charge in [-0.25, -0.2) is 5.43 Å². The van der Waals surface area contributed by atoms with Crippen LogP contribution in [0.25, 0.3) is 0 Å². The van der Waals surface area contributed by atoms with Gasteiger partial charge in [0, 0.05) is 30.1 Å². The van der Waals surface area contributed by atoms with Crippen LogP contribution in [-0.2, 0) is 11.2 Å². The number of nitrogens with zero attached hydrogens (tertiary/aromatic N) is 3. The van der Waals surface area contributed by atoms with Crippen LogP contribution in [-0.4, -0.2) is 22.0 Å². The first-order valence-electron chi connectivity index (χ1n) is 6.10. The monoisotopic (exact) mass is 284 g/mol. The third-order valence-electron chi connectivity index (χ3n) is 2.57. The normalized spacial score (nSPS) is 10.5. The van der Waals surface area contributed by atoms with Crippen LogP contribution in [0.4, 0.5) is 5.69 Å². The zero-order valence-electron chi connectivity index (χ0n) is 11.0. The largest absolute Gasteiger partial charge is 0.273 e. The number of benzene rings is 1. The molecule has 0 aliphatic rings. The van der Waals surface area contributed by atoms with Crippen molar-refractivity contribution < 1.29 is 9.72 Å². The van der Waals surface area contributed by atoms with Crippen molar-refractivity contribution in [3.63, 3.8) is 0 Å². The second-order valence-corrected chi connectivity index (χ2v) is 4.18. The van der Waals surface area contributed by atoms with E-state index in [-0.39, 0.29) is 18.0 Å². The van der Waals surface area contributed by atoms with E-state index in [0.29, 0.717) is 5.56 Å². The summed E-state index contributed by atoms with van der Waals surface area (Å²) in [5, 5.41) is 14.4. The van der Waals surface area contributed by atoms with Gasteiger partial charge in [-0.2, -0.15) is 5.10 Å². The Morgan fingerprint density at radius 3 is 2.95 bits per heavy atom. The third-order valence-corrected chi connectivity index (χ3v) is 2.57. The van der Waals surface area contributed by atoms with Crippen LogP contribution in [0.15, 0.2) is 53.9 Å². The fourth-order valence-electron chi connectivity index (χ4n) is 1.63. The number of hydrogen-bond donors (Lipinski definition) is 1. The van der Waals surface area contributed by atoms with Crippen molar-refractivity contribution in [3.05, 3.63) is 70.0 Å². The number of hydrogen-bond acceptors (Lipinski definition) is 5. The van der Waals surface area contributed by atoms with E-state index in [2.05, 4.69) is 15.5 Å². The highest BCUT2D eigenvalue weighted by atomic mass is 16.6. The molecule has 21 heavy (non-hydrogen) atoms. The van der Waals surface area contributed by atoms with Gasteiger partial charge in [-0.05, 0) is 11.6 Å². The first kappa shape index (κ1) is 14.3. The highest BCUT2D eigenvalue weighted by Crippen LogP contribution is 2.11. The zero-order valence-corrected chi connectivity index (χ0v) is 11.0. The van der Waals surface area contributed by atoms with Crippen molar-refractivity contribution in [2.24, 2.45) is 5.10 Å². The molecule has 7 heteroatoms. The van der Waals surface area contributed by atoms with Crippen LogP contribution < -0.4 is 5.43 Å². The molecule has 0 radical (unpaired) electrons. The van der Waals surface area contributed by atoms with E-state index in [1.54, 1.807) is 36.7 Å². The highest BCUT2D eigenvalue weighted by Gasteiger charge is 2.04. The lowest BCUT2D eigenvalue weighted by Gasteiger charge is -1.99. The Kier molecular flexibility index (Phi) is 4.70. The lowest BCUT2D eigenvalue weighted by atomic mass is 10.2. The van der Waals surface area contributed by atoms with Crippen molar-refractivity contribution >= 4 is 17.8 Å². The molecule has 0 spiro atoms. The Balaban J connectivity index is 1.91. The van der Waals surface area contributed by atoms with Gasteiger partial charge in [0.2, 0.25) is 5.91 Å². The third kappa shape index (κ3) is 4.50. The summed E-state index contributed by atoms with van der Waals surface area (Å²) in [4.78, 5) is 25.7. The van der Waals surface area contributed by atoms with E-state index in [0.717, 1.165) is 5.56 Å². The molecule has 0 bridgehead atoms. The molecule has 0 aliphatic heterocycles. The maximum Gasteiger partial charge on any atom is 0.270 e. The van der Waals surface area contributed by atoms with Crippen LogP contribution in [0, 0.1) is 10.1 Å². The molecule has 0 saturated carbocycles. The lowest BCUT2D eigenvalue weighted by molar-refractivity contribution is -0.384. The number of non-ortho nitro benzene ring substituents is 1. The van der Waals surface area contributed by atoms with Gasteiger partial charge in [0.15, 0.2) is 0 Å². The minimum Gasteiger partial charge on any atom is -0.273 e. The zero-order chi connectivity index (χ0) is 15.1. The molecule has 1 N–H and O–H groups in total. The fourth-order valence-corrected chi connectivity index (χ4v) is 1.63. The lowest BCUT2D eigenvalue weighted by Crippen LogP contribution is -2.19. The number of nitro groups is 1. The molecule has 2 aromatic rings. The van der Waals surface area contributed by atoms with Crippen LogP contribution in [0.3, 0.4) is 0 Å². The number of hydrazone groups is 1. The molecule has 0 aliphatic carbocycles. The number of amides is 1. The standard InChI is InChI=1S/C14H12N4O3/c19-14(8-12-4-2-6-15-9-12)17-16-10-11-3-1-5-13(7-11)18(20)21/h1-7,9-10H,8H2,(H,17,19)/b16-10-. The van der Waals surface area contributed by atoms with Crippen LogP contribution in [0.2, 0.25) is 0 Å². The predicted octanol–water partition coefficient (Wildman–Crippen LogP) is 1.68. The number of aromatic nitrogens is 1. The van der Waals surface area contributed by atoms with Gasteiger partial charge in [-0.3, -0.25) is 19.9 Å². The first-order chi connectivity index (χ1) is 10.1. The van der Waals surface area contributed by atoms with Crippen LogP contribution in [0.1, 0.15) is 11.1 Å². The number of nitro benzene ring substituents is 1. The molecule has 0 atom stereocenters. The summed E-state index contributed by atoms with van der Waals surface area (Å²) in [7, 11) is 0. The summed E-state index contributed by atoms with van der Waals surface area (Å²) in [6, 6.07) is 9.50. The average Bonchev–Trinajstić information content (AvgIpc) is 2.48. The van der Waals surface area contributed by atoms with Crippen molar-refractivity contribution in [2.45, 2.75) is 6.42 Å². The molecule has 7 nitrogen and oxygen atoms in total.